The number of likely N-dealkylation sites (tertiary alicyclic amines) is 1. The van der Waals surface area contributed by atoms with E-state index in [0.717, 1.165) is 36.3 Å². The van der Waals surface area contributed by atoms with Gasteiger partial charge in [-0.25, -0.2) is 14.8 Å². The number of carbonyl (C=O) groups is 2. The molecule has 6 heteroatoms. The molecule has 1 aromatic heterocycles. The van der Waals surface area contributed by atoms with Crippen LogP contribution in [0.2, 0.25) is 0 Å². The molecular weight excluding hydrogens is 306 g/mol. The number of amides is 1. The molecule has 1 fully saturated rings. The molecule has 6 nitrogen and oxygen atoms in total. The summed E-state index contributed by atoms with van der Waals surface area (Å²) in [6.07, 6.45) is 1.86. The van der Waals surface area contributed by atoms with Gasteiger partial charge in [0.25, 0.3) is 0 Å². The topological polar surface area (TPSA) is 83.4 Å². The standard InChI is InChI=1S/C18H19N3O3/c1-11-19-15(13-5-7-14(8-6-13)18(23)24)10-16(20-11)17-4-3-9-21(17)12(2)22/h5-8,10,17H,3-4,9H2,1-2H3,(H,23,24). The number of rotatable bonds is 3. The molecule has 2 heterocycles. The first-order chi connectivity index (χ1) is 11.5. The van der Waals surface area contributed by atoms with Crippen LogP contribution < -0.4 is 0 Å². The molecule has 3 rings (SSSR count). The average molecular weight is 325 g/mol. The molecular formula is C18H19N3O3. The fourth-order valence-corrected chi connectivity index (χ4v) is 3.14. The van der Waals surface area contributed by atoms with Crippen LogP contribution in [0.3, 0.4) is 0 Å². The van der Waals surface area contributed by atoms with E-state index >= 15 is 0 Å². The lowest BCUT2D eigenvalue weighted by Gasteiger charge is -2.23. The lowest BCUT2D eigenvalue weighted by Crippen LogP contribution is -2.28. The second-order valence-corrected chi connectivity index (χ2v) is 5.98. The Bertz CT molecular complexity index is 787. The van der Waals surface area contributed by atoms with E-state index in [9.17, 15) is 9.59 Å². The Morgan fingerprint density at radius 1 is 1.21 bits per heavy atom. The molecule has 1 aromatic carbocycles. The Morgan fingerprint density at radius 2 is 1.92 bits per heavy atom. The van der Waals surface area contributed by atoms with Crippen molar-refractivity contribution in [1.29, 1.82) is 0 Å². The highest BCUT2D eigenvalue weighted by atomic mass is 16.4. The molecule has 0 radical (unpaired) electrons. The molecule has 124 valence electrons. The summed E-state index contributed by atoms with van der Waals surface area (Å²) >= 11 is 0. The van der Waals surface area contributed by atoms with E-state index in [1.165, 1.54) is 0 Å². The number of aromatic nitrogens is 2. The van der Waals surface area contributed by atoms with Crippen molar-refractivity contribution in [1.82, 2.24) is 14.9 Å². The van der Waals surface area contributed by atoms with Crippen LogP contribution in [-0.4, -0.2) is 38.4 Å². The Morgan fingerprint density at radius 3 is 2.54 bits per heavy atom. The monoisotopic (exact) mass is 325 g/mol. The summed E-state index contributed by atoms with van der Waals surface area (Å²) in [5.74, 6) is -0.259. The highest BCUT2D eigenvalue weighted by Crippen LogP contribution is 2.32. The number of aromatic carboxylic acids is 1. The van der Waals surface area contributed by atoms with Crippen molar-refractivity contribution in [3.63, 3.8) is 0 Å². The van der Waals surface area contributed by atoms with Gasteiger partial charge in [-0.1, -0.05) is 12.1 Å². The highest BCUT2D eigenvalue weighted by molar-refractivity contribution is 5.88. The van der Waals surface area contributed by atoms with Crippen LogP contribution in [0.25, 0.3) is 11.3 Å². The van der Waals surface area contributed by atoms with E-state index in [2.05, 4.69) is 9.97 Å². The van der Waals surface area contributed by atoms with Crippen LogP contribution in [0.4, 0.5) is 0 Å². The van der Waals surface area contributed by atoms with E-state index in [1.807, 2.05) is 17.9 Å². The number of benzene rings is 1. The minimum atomic E-state index is -0.954. The smallest absolute Gasteiger partial charge is 0.335 e. The van der Waals surface area contributed by atoms with Gasteiger partial charge in [-0.05, 0) is 38.0 Å². The minimum absolute atomic E-state index is 0.0127. The van der Waals surface area contributed by atoms with Crippen LogP contribution in [-0.2, 0) is 4.79 Å². The maximum Gasteiger partial charge on any atom is 0.335 e. The Hall–Kier alpha value is -2.76. The third-order valence-electron chi connectivity index (χ3n) is 4.28. The van der Waals surface area contributed by atoms with Gasteiger partial charge in [0.05, 0.1) is 23.0 Å². The molecule has 1 saturated heterocycles. The van der Waals surface area contributed by atoms with Crippen molar-refractivity contribution in [2.45, 2.75) is 32.7 Å². The first-order valence-corrected chi connectivity index (χ1v) is 7.92. The number of hydrogen-bond donors (Lipinski definition) is 1. The van der Waals surface area contributed by atoms with Gasteiger partial charge in [0.15, 0.2) is 0 Å². The molecule has 1 aliphatic heterocycles. The van der Waals surface area contributed by atoms with Crippen LogP contribution in [0.1, 0.15) is 47.7 Å². The summed E-state index contributed by atoms with van der Waals surface area (Å²) in [4.78, 5) is 33.6. The zero-order valence-electron chi connectivity index (χ0n) is 13.7. The number of carboxylic acids is 1. The third kappa shape index (κ3) is 3.13. The Labute approximate surface area is 140 Å². The summed E-state index contributed by atoms with van der Waals surface area (Å²) in [5.41, 5.74) is 2.65. The number of carbonyl (C=O) groups excluding carboxylic acids is 1. The zero-order chi connectivity index (χ0) is 17.3. The lowest BCUT2D eigenvalue weighted by molar-refractivity contribution is -0.129. The molecule has 1 unspecified atom stereocenters. The van der Waals surface area contributed by atoms with Crippen LogP contribution >= 0.6 is 0 Å². The first kappa shape index (κ1) is 16.1. The van der Waals surface area contributed by atoms with Gasteiger partial charge in [0, 0.05) is 19.0 Å². The van der Waals surface area contributed by atoms with Crippen LogP contribution in [0, 0.1) is 6.92 Å². The zero-order valence-corrected chi connectivity index (χ0v) is 13.7. The number of hydrogen-bond acceptors (Lipinski definition) is 4. The van der Waals surface area contributed by atoms with Gasteiger partial charge in [-0.2, -0.15) is 0 Å². The van der Waals surface area contributed by atoms with Crippen molar-refractivity contribution in [3.8, 4) is 11.3 Å². The Kier molecular flexibility index (Phi) is 4.29. The normalized spacial score (nSPS) is 17.1. The van der Waals surface area contributed by atoms with Crippen LogP contribution in [0.5, 0.6) is 0 Å². The minimum Gasteiger partial charge on any atom is -0.478 e. The molecule has 1 amide bonds. The SMILES string of the molecule is CC(=O)N1CCCC1c1cc(-c2ccc(C(=O)O)cc2)nc(C)n1. The molecule has 0 spiro atoms. The predicted octanol–water partition coefficient (Wildman–Crippen LogP) is 2.83. The van der Waals surface area contributed by atoms with E-state index in [1.54, 1.807) is 31.2 Å². The van der Waals surface area contributed by atoms with Gasteiger partial charge in [0.2, 0.25) is 5.91 Å². The molecule has 1 aliphatic rings. The summed E-state index contributed by atoms with van der Waals surface area (Å²) in [6.45, 7) is 4.16. The summed E-state index contributed by atoms with van der Waals surface area (Å²) < 4.78 is 0. The van der Waals surface area contributed by atoms with Gasteiger partial charge < -0.3 is 10.0 Å². The fraction of sp³-hybridized carbons (Fsp3) is 0.333. The molecule has 0 saturated carbocycles. The van der Waals surface area contributed by atoms with E-state index in [-0.39, 0.29) is 17.5 Å². The van der Waals surface area contributed by atoms with Crippen molar-refractivity contribution < 1.29 is 14.7 Å². The third-order valence-corrected chi connectivity index (χ3v) is 4.28. The summed E-state index contributed by atoms with van der Waals surface area (Å²) in [5, 5.41) is 9.00. The predicted molar refractivity (Wildman–Crippen MR) is 88.5 cm³/mol. The molecule has 1 N–H and O–H groups in total. The second-order valence-electron chi connectivity index (χ2n) is 5.98. The maximum atomic E-state index is 11.8. The highest BCUT2D eigenvalue weighted by Gasteiger charge is 2.29. The van der Waals surface area contributed by atoms with Crippen molar-refractivity contribution in [3.05, 3.63) is 47.4 Å². The molecule has 1 atom stereocenters. The molecule has 24 heavy (non-hydrogen) atoms. The number of carboxylic acid groups (broad SMARTS) is 1. The van der Waals surface area contributed by atoms with Crippen molar-refractivity contribution in [2.24, 2.45) is 0 Å². The molecule has 0 aliphatic carbocycles. The number of nitrogens with zero attached hydrogens (tertiary/aromatic N) is 3. The van der Waals surface area contributed by atoms with E-state index in [4.69, 9.17) is 5.11 Å². The Balaban J connectivity index is 1.97. The van der Waals surface area contributed by atoms with Gasteiger partial charge in [0.1, 0.15) is 5.82 Å². The van der Waals surface area contributed by atoms with Crippen molar-refractivity contribution in [2.75, 3.05) is 6.54 Å². The summed E-state index contributed by atoms with van der Waals surface area (Å²) in [6, 6.07) is 8.49. The quantitative estimate of drug-likeness (QED) is 0.938. The van der Waals surface area contributed by atoms with E-state index < -0.39 is 5.97 Å². The largest absolute Gasteiger partial charge is 0.478 e. The lowest BCUT2D eigenvalue weighted by atomic mass is 10.1. The van der Waals surface area contributed by atoms with Crippen LogP contribution in [0.15, 0.2) is 30.3 Å². The van der Waals surface area contributed by atoms with Gasteiger partial charge in [-0.15, -0.1) is 0 Å². The average Bonchev–Trinajstić information content (AvgIpc) is 3.04. The van der Waals surface area contributed by atoms with Gasteiger partial charge in [-0.3, -0.25) is 4.79 Å². The maximum absolute atomic E-state index is 11.8. The fourth-order valence-electron chi connectivity index (χ4n) is 3.14. The van der Waals surface area contributed by atoms with E-state index in [0.29, 0.717) is 5.82 Å². The first-order valence-electron chi connectivity index (χ1n) is 7.92. The summed E-state index contributed by atoms with van der Waals surface area (Å²) in [7, 11) is 0. The molecule has 0 bridgehead atoms. The number of aryl methyl sites for hydroxylation is 1. The molecule has 2 aromatic rings. The van der Waals surface area contributed by atoms with Crippen molar-refractivity contribution >= 4 is 11.9 Å². The second kappa shape index (κ2) is 6.39. The van der Waals surface area contributed by atoms with Gasteiger partial charge >= 0.3 is 5.97 Å².